The molecule has 0 spiro atoms. The lowest BCUT2D eigenvalue weighted by Crippen LogP contribution is -2.63. The highest BCUT2D eigenvalue weighted by atomic mass is 16.5. The Hall–Kier alpha value is -1.03. The largest absolute Gasteiger partial charge is 0.378 e. The Labute approximate surface area is 319 Å². The Morgan fingerprint density at radius 3 is 2.15 bits per heavy atom. The van der Waals surface area contributed by atoms with E-state index in [9.17, 15) is 4.79 Å². The molecule has 0 heterocycles. The predicted molar refractivity (Wildman–Crippen MR) is 215 cm³/mol. The van der Waals surface area contributed by atoms with Crippen LogP contribution < -0.4 is 17.2 Å². The number of carbonyl (C=O) groups is 1. The van der Waals surface area contributed by atoms with Gasteiger partial charge in [0.1, 0.15) is 0 Å². The van der Waals surface area contributed by atoms with Gasteiger partial charge in [-0.15, -0.1) is 0 Å². The summed E-state index contributed by atoms with van der Waals surface area (Å²) in [5.41, 5.74) is 18.2. The maximum atomic E-state index is 12.8. The molecule has 52 heavy (non-hydrogen) atoms. The summed E-state index contributed by atoms with van der Waals surface area (Å²) in [6.45, 7) is 19.8. The fourth-order valence-electron chi connectivity index (χ4n) is 11.9. The quantitative estimate of drug-likeness (QED) is 0.0645. The third-order valence-corrected chi connectivity index (χ3v) is 14.8. The average Bonchev–Trinajstić information content (AvgIpc) is 3.50. The van der Waals surface area contributed by atoms with Crippen molar-refractivity contribution in [2.45, 2.75) is 162 Å². The molecular weight excluding hydrogens is 649 g/mol. The van der Waals surface area contributed by atoms with Gasteiger partial charge in [0.15, 0.2) is 0 Å². The summed E-state index contributed by atoms with van der Waals surface area (Å²) in [5, 5.41) is 0. The Morgan fingerprint density at radius 2 is 1.46 bits per heavy atom. The number of hydrogen-bond donors (Lipinski definition) is 3. The second-order valence-electron chi connectivity index (χ2n) is 17.9. The van der Waals surface area contributed by atoms with E-state index in [0.717, 1.165) is 97.1 Å². The van der Waals surface area contributed by atoms with Crippen LogP contribution in [0.1, 0.15) is 143 Å². The van der Waals surface area contributed by atoms with Gasteiger partial charge in [-0.2, -0.15) is 0 Å². The first-order valence-corrected chi connectivity index (χ1v) is 22.1. The summed E-state index contributed by atoms with van der Waals surface area (Å²) in [4.78, 5) is 14.9. The normalized spacial score (nSPS) is 34.7. The van der Waals surface area contributed by atoms with Crippen molar-refractivity contribution in [2.75, 3.05) is 52.5 Å². The Morgan fingerprint density at radius 1 is 0.808 bits per heavy atom. The number of ether oxygens (including phenoxy) is 3. The van der Waals surface area contributed by atoms with Crippen molar-refractivity contribution in [1.82, 2.24) is 4.90 Å². The Balaban J connectivity index is 1.51. The van der Waals surface area contributed by atoms with Gasteiger partial charge in [0, 0.05) is 38.3 Å². The molecule has 2 unspecified atom stereocenters. The van der Waals surface area contributed by atoms with E-state index in [1.165, 1.54) is 57.4 Å². The monoisotopic (exact) mass is 731 g/mol. The third kappa shape index (κ3) is 10.6. The first-order chi connectivity index (χ1) is 25.2. The zero-order chi connectivity index (χ0) is 37.6. The molecule has 0 aliphatic heterocycles. The SMILES string of the molecule is C=CC(=O)N(CCCCCCCC)CCC[C@@H](C)[C@H]1CC[C@H]2C3[C@H](OCCCN)CC4C[C@H](OCCCN)CC[C@]4(C)[C@H]3C[C@H](OCCCN)[C@]12C. The number of nitrogens with zero attached hydrogens (tertiary/aromatic N) is 1. The number of rotatable bonds is 25. The smallest absolute Gasteiger partial charge is 0.245 e. The van der Waals surface area contributed by atoms with Crippen LogP contribution in [0.5, 0.6) is 0 Å². The van der Waals surface area contributed by atoms with Crippen LogP contribution in [0.25, 0.3) is 0 Å². The number of unbranched alkanes of at least 4 members (excludes halogenated alkanes) is 5. The van der Waals surface area contributed by atoms with Crippen molar-refractivity contribution in [3.05, 3.63) is 12.7 Å². The van der Waals surface area contributed by atoms with E-state index < -0.39 is 0 Å². The topological polar surface area (TPSA) is 126 Å². The molecule has 4 aliphatic rings. The van der Waals surface area contributed by atoms with Crippen molar-refractivity contribution in [2.24, 2.45) is 63.5 Å². The van der Waals surface area contributed by atoms with Crippen molar-refractivity contribution >= 4 is 5.91 Å². The summed E-state index contributed by atoms with van der Waals surface area (Å²) in [6.07, 6.45) is 22.9. The number of nitrogens with two attached hydrogens (primary N) is 3. The molecule has 4 rings (SSSR count). The van der Waals surface area contributed by atoms with Crippen LogP contribution >= 0.6 is 0 Å². The molecule has 0 saturated heterocycles. The highest BCUT2D eigenvalue weighted by Crippen LogP contribution is 2.69. The van der Waals surface area contributed by atoms with Crippen molar-refractivity contribution < 1.29 is 19.0 Å². The van der Waals surface area contributed by atoms with Gasteiger partial charge in [-0.05, 0) is 150 Å². The summed E-state index contributed by atoms with van der Waals surface area (Å²) in [7, 11) is 0. The molecule has 4 fully saturated rings. The van der Waals surface area contributed by atoms with Crippen molar-refractivity contribution in [3.8, 4) is 0 Å². The Kier molecular flexibility index (Phi) is 18.4. The minimum atomic E-state index is 0.0849. The summed E-state index contributed by atoms with van der Waals surface area (Å²) < 4.78 is 20.4. The summed E-state index contributed by atoms with van der Waals surface area (Å²) in [5.74, 6) is 3.53. The Bertz CT molecular complexity index is 1050. The van der Waals surface area contributed by atoms with Crippen molar-refractivity contribution in [3.63, 3.8) is 0 Å². The van der Waals surface area contributed by atoms with Gasteiger partial charge in [-0.1, -0.05) is 66.4 Å². The lowest BCUT2D eigenvalue weighted by Gasteiger charge is -2.65. The zero-order valence-electron chi connectivity index (χ0n) is 34.2. The maximum Gasteiger partial charge on any atom is 0.245 e. The second-order valence-corrected chi connectivity index (χ2v) is 17.9. The standard InChI is InChI=1S/C44H82N4O4/c1-6-8-9-10-11-12-25-48(41(49)7-2)26-13-17-33(3)36-18-19-37-42-38(32-40(44(36,37)5)52-29-16-24-47)43(4)21-20-35(50-27-14-22-45)30-34(43)31-39(42)51-28-15-23-46/h7,33-40,42H,2,6,8-32,45-47H2,1,3-5H3/t33-,34?,35-,36-,37+,38+,39-,40+,42?,43+,44-/m1/s1. The van der Waals surface area contributed by atoms with Gasteiger partial charge in [-0.25, -0.2) is 0 Å². The zero-order valence-corrected chi connectivity index (χ0v) is 34.2. The highest BCUT2D eigenvalue weighted by molar-refractivity contribution is 5.86. The van der Waals surface area contributed by atoms with Crippen LogP contribution in [0.15, 0.2) is 12.7 Å². The lowest BCUT2D eigenvalue weighted by atomic mass is 9.43. The number of amides is 1. The highest BCUT2D eigenvalue weighted by Gasteiger charge is 2.66. The first kappa shape index (κ1) is 43.7. The van der Waals surface area contributed by atoms with E-state index in [0.29, 0.717) is 61.2 Å². The minimum Gasteiger partial charge on any atom is -0.378 e. The fraction of sp³-hybridized carbons (Fsp3) is 0.932. The van der Waals surface area contributed by atoms with Crippen LogP contribution in [0.3, 0.4) is 0 Å². The minimum absolute atomic E-state index is 0.0849. The van der Waals surface area contributed by atoms with Crippen LogP contribution in [0, 0.1) is 46.3 Å². The maximum absolute atomic E-state index is 12.8. The molecule has 0 aromatic heterocycles. The van der Waals surface area contributed by atoms with Gasteiger partial charge in [0.05, 0.1) is 18.3 Å². The van der Waals surface area contributed by atoms with E-state index in [1.807, 2.05) is 0 Å². The summed E-state index contributed by atoms with van der Waals surface area (Å²) in [6, 6.07) is 0. The van der Waals surface area contributed by atoms with Crippen LogP contribution in [0.2, 0.25) is 0 Å². The molecule has 11 atom stereocenters. The molecule has 0 bridgehead atoms. The van der Waals surface area contributed by atoms with Gasteiger partial charge < -0.3 is 36.3 Å². The predicted octanol–water partition coefficient (Wildman–Crippen LogP) is 7.86. The van der Waals surface area contributed by atoms with E-state index in [1.54, 1.807) is 0 Å². The number of carbonyl (C=O) groups excluding carboxylic acids is 1. The lowest BCUT2D eigenvalue weighted by molar-refractivity contribution is -0.227. The molecule has 8 nitrogen and oxygen atoms in total. The third-order valence-electron chi connectivity index (χ3n) is 14.8. The molecule has 4 saturated carbocycles. The average molecular weight is 731 g/mol. The van der Waals surface area contributed by atoms with Gasteiger partial charge in [0.25, 0.3) is 0 Å². The van der Waals surface area contributed by atoms with Crippen LogP contribution in [-0.2, 0) is 19.0 Å². The molecule has 0 radical (unpaired) electrons. The second kappa shape index (κ2) is 21.9. The molecule has 0 aromatic carbocycles. The van der Waals surface area contributed by atoms with Gasteiger partial charge >= 0.3 is 0 Å². The molecule has 6 N–H and O–H groups in total. The molecule has 4 aliphatic carbocycles. The molecule has 1 amide bonds. The summed E-state index contributed by atoms with van der Waals surface area (Å²) >= 11 is 0. The molecule has 8 heteroatoms. The molecular formula is C44H82N4O4. The van der Waals surface area contributed by atoms with Crippen LogP contribution in [0.4, 0.5) is 0 Å². The van der Waals surface area contributed by atoms with E-state index in [4.69, 9.17) is 31.4 Å². The molecule has 0 aromatic rings. The van der Waals surface area contributed by atoms with Crippen LogP contribution in [-0.4, -0.2) is 81.7 Å². The number of hydrogen-bond acceptors (Lipinski definition) is 7. The van der Waals surface area contributed by atoms with E-state index in [-0.39, 0.29) is 28.9 Å². The van der Waals surface area contributed by atoms with E-state index in [2.05, 4.69) is 39.2 Å². The van der Waals surface area contributed by atoms with Crippen molar-refractivity contribution in [1.29, 1.82) is 0 Å². The van der Waals surface area contributed by atoms with E-state index >= 15 is 0 Å². The fourth-order valence-corrected chi connectivity index (χ4v) is 11.9. The number of fused-ring (bicyclic) bond motifs is 5. The van der Waals surface area contributed by atoms with Gasteiger partial charge in [-0.3, -0.25) is 4.79 Å². The molecule has 302 valence electrons. The first-order valence-electron chi connectivity index (χ1n) is 22.1. The van der Waals surface area contributed by atoms with Gasteiger partial charge in [0.2, 0.25) is 5.91 Å².